The van der Waals surface area contributed by atoms with E-state index in [1.54, 1.807) is 44.2 Å². The molecule has 0 heterocycles. The van der Waals surface area contributed by atoms with E-state index in [-0.39, 0.29) is 5.92 Å². The Balaban J connectivity index is 1.93. The quantitative estimate of drug-likeness (QED) is 0.516. The number of halogens is 1. The zero-order valence-corrected chi connectivity index (χ0v) is 19.6. The first kappa shape index (κ1) is 24.4. The van der Waals surface area contributed by atoms with Gasteiger partial charge in [0.1, 0.15) is 11.8 Å². The van der Waals surface area contributed by atoms with Crippen molar-refractivity contribution in [1.29, 1.82) is 0 Å². The Hall–Kier alpha value is -2.87. The van der Waals surface area contributed by atoms with E-state index in [1.165, 1.54) is 0 Å². The molecular weight excluding hydrogens is 464 g/mol. The minimum atomic E-state index is -0.891. The number of carbonyl (C=O) groups is 3. The van der Waals surface area contributed by atoms with Gasteiger partial charge in [0.25, 0.3) is 11.8 Å². The molecule has 2 rings (SSSR count). The molecule has 2 aromatic carbocycles. The third kappa shape index (κ3) is 7.40. The Labute approximate surface area is 190 Å². The molecule has 0 saturated heterocycles. The van der Waals surface area contributed by atoms with Crippen molar-refractivity contribution in [2.24, 2.45) is 5.92 Å². The summed E-state index contributed by atoms with van der Waals surface area (Å²) >= 11 is 3.38. The summed E-state index contributed by atoms with van der Waals surface area (Å²) in [4.78, 5) is 37.2. The van der Waals surface area contributed by atoms with Crippen molar-refractivity contribution >= 4 is 39.4 Å². The van der Waals surface area contributed by atoms with Crippen LogP contribution in [-0.4, -0.2) is 37.0 Å². The number of hydrogen-bond donors (Lipinski definition) is 2. The van der Waals surface area contributed by atoms with Gasteiger partial charge < -0.3 is 20.1 Å². The lowest BCUT2D eigenvalue weighted by atomic mass is 10.0. The van der Waals surface area contributed by atoms with Crippen LogP contribution in [0.15, 0.2) is 46.9 Å². The van der Waals surface area contributed by atoms with Crippen LogP contribution in [0.2, 0.25) is 0 Å². The number of amides is 2. The van der Waals surface area contributed by atoms with E-state index >= 15 is 0 Å². The molecule has 0 aliphatic carbocycles. The Morgan fingerprint density at radius 3 is 2.32 bits per heavy atom. The van der Waals surface area contributed by atoms with Crippen LogP contribution in [0.1, 0.15) is 36.7 Å². The maximum absolute atomic E-state index is 12.5. The van der Waals surface area contributed by atoms with E-state index < -0.39 is 30.4 Å². The van der Waals surface area contributed by atoms with E-state index in [1.807, 2.05) is 26.0 Å². The van der Waals surface area contributed by atoms with Crippen LogP contribution in [0, 0.1) is 12.8 Å². The van der Waals surface area contributed by atoms with Gasteiger partial charge in [-0.15, -0.1) is 0 Å². The molecular formula is C23H27BrN2O5. The van der Waals surface area contributed by atoms with Gasteiger partial charge in [-0.05, 0) is 77.7 Å². The third-order valence-corrected chi connectivity index (χ3v) is 5.03. The molecule has 0 bridgehead atoms. The van der Waals surface area contributed by atoms with E-state index in [0.717, 1.165) is 10.0 Å². The number of anilines is 1. The van der Waals surface area contributed by atoms with Crippen LogP contribution >= 0.6 is 15.9 Å². The SMILES string of the molecule is CCOc1ccc(C(=O)NC(C(=O)OCC(=O)Nc2ccc(C)cc2Br)C(C)C)cc1. The lowest BCUT2D eigenvalue weighted by Gasteiger charge is -2.21. The van der Waals surface area contributed by atoms with Crippen LogP contribution in [0.5, 0.6) is 5.75 Å². The number of nitrogens with one attached hydrogen (secondary N) is 2. The fraction of sp³-hybridized carbons (Fsp3) is 0.348. The van der Waals surface area contributed by atoms with Crippen molar-refractivity contribution in [3.8, 4) is 5.75 Å². The van der Waals surface area contributed by atoms with Crippen molar-refractivity contribution in [2.45, 2.75) is 33.7 Å². The maximum Gasteiger partial charge on any atom is 0.329 e. The highest BCUT2D eigenvalue weighted by Crippen LogP contribution is 2.23. The van der Waals surface area contributed by atoms with Gasteiger partial charge in [-0.1, -0.05) is 19.9 Å². The third-order valence-electron chi connectivity index (χ3n) is 4.38. The van der Waals surface area contributed by atoms with Crippen molar-refractivity contribution in [3.05, 3.63) is 58.1 Å². The van der Waals surface area contributed by atoms with Crippen molar-refractivity contribution < 1.29 is 23.9 Å². The van der Waals surface area contributed by atoms with Crippen molar-refractivity contribution in [1.82, 2.24) is 5.32 Å². The molecule has 7 nitrogen and oxygen atoms in total. The first-order chi connectivity index (χ1) is 14.7. The van der Waals surface area contributed by atoms with E-state index in [0.29, 0.717) is 23.6 Å². The average molecular weight is 491 g/mol. The highest BCUT2D eigenvalue weighted by Gasteiger charge is 2.27. The largest absolute Gasteiger partial charge is 0.494 e. The summed E-state index contributed by atoms with van der Waals surface area (Å²) in [6.45, 7) is 7.45. The predicted molar refractivity (Wildman–Crippen MR) is 122 cm³/mol. The molecule has 31 heavy (non-hydrogen) atoms. The Kier molecular flexibility index (Phi) is 9.05. The molecule has 0 aromatic heterocycles. The van der Waals surface area contributed by atoms with Gasteiger partial charge in [-0.2, -0.15) is 0 Å². The topological polar surface area (TPSA) is 93.7 Å². The Bertz CT molecular complexity index is 928. The molecule has 0 aliphatic heterocycles. The summed E-state index contributed by atoms with van der Waals surface area (Å²) < 4.78 is 11.2. The molecule has 2 amide bonds. The first-order valence-corrected chi connectivity index (χ1v) is 10.8. The second-order valence-electron chi connectivity index (χ2n) is 7.29. The fourth-order valence-electron chi connectivity index (χ4n) is 2.73. The molecule has 1 unspecified atom stereocenters. The normalized spacial score (nSPS) is 11.5. The number of esters is 1. The molecule has 2 N–H and O–H groups in total. The summed E-state index contributed by atoms with van der Waals surface area (Å²) in [5.74, 6) is -1.13. The van der Waals surface area contributed by atoms with Gasteiger partial charge in [0.15, 0.2) is 6.61 Å². The predicted octanol–water partition coefficient (Wildman–Crippen LogP) is 4.09. The Morgan fingerprint density at radius 1 is 1.06 bits per heavy atom. The molecule has 8 heteroatoms. The van der Waals surface area contributed by atoms with Crippen LogP contribution in [0.25, 0.3) is 0 Å². The van der Waals surface area contributed by atoms with E-state index in [2.05, 4.69) is 26.6 Å². The molecule has 0 radical (unpaired) electrons. The van der Waals surface area contributed by atoms with Gasteiger partial charge in [-0.25, -0.2) is 4.79 Å². The number of benzene rings is 2. The lowest BCUT2D eigenvalue weighted by molar-refractivity contribution is -0.150. The summed E-state index contributed by atoms with van der Waals surface area (Å²) in [6.07, 6.45) is 0. The fourth-order valence-corrected chi connectivity index (χ4v) is 3.32. The molecule has 0 spiro atoms. The van der Waals surface area contributed by atoms with Gasteiger partial charge >= 0.3 is 5.97 Å². The zero-order chi connectivity index (χ0) is 23.0. The number of hydrogen-bond acceptors (Lipinski definition) is 5. The first-order valence-electron chi connectivity index (χ1n) is 9.97. The smallest absolute Gasteiger partial charge is 0.329 e. The molecule has 0 saturated carbocycles. The van der Waals surface area contributed by atoms with Crippen LogP contribution in [-0.2, 0) is 14.3 Å². The highest BCUT2D eigenvalue weighted by atomic mass is 79.9. The van der Waals surface area contributed by atoms with Gasteiger partial charge in [0.05, 0.1) is 12.3 Å². The van der Waals surface area contributed by atoms with Crippen molar-refractivity contribution in [2.75, 3.05) is 18.5 Å². The summed E-state index contributed by atoms with van der Waals surface area (Å²) in [7, 11) is 0. The summed E-state index contributed by atoms with van der Waals surface area (Å²) in [6, 6.07) is 11.2. The van der Waals surface area contributed by atoms with Crippen molar-refractivity contribution in [3.63, 3.8) is 0 Å². The molecule has 1 atom stereocenters. The molecule has 0 aliphatic rings. The van der Waals surface area contributed by atoms with Gasteiger partial charge in [0, 0.05) is 10.0 Å². The molecule has 0 fully saturated rings. The summed E-state index contributed by atoms with van der Waals surface area (Å²) in [5, 5.41) is 5.36. The maximum atomic E-state index is 12.5. The average Bonchev–Trinajstić information content (AvgIpc) is 2.72. The number of rotatable bonds is 9. The second-order valence-corrected chi connectivity index (χ2v) is 8.15. The molecule has 2 aromatic rings. The minimum Gasteiger partial charge on any atom is -0.494 e. The Morgan fingerprint density at radius 2 is 1.74 bits per heavy atom. The number of ether oxygens (including phenoxy) is 2. The minimum absolute atomic E-state index is 0.228. The van der Waals surface area contributed by atoms with E-state index in [9.17, 15) is 14.4 Å². The standard InChI is InChI=1S/C23H27BrN2O5/c1-5-30-17-9-7-16(8-10-17)22(28)26-21(14(2)3)23(29)31-13-20(27)25-19-11-6-15(4)12-18(19)24/h6-12,14,21H,5,13H2,1-4H3,(H,25,27)(H,26,28). The van der Waals surface area contributed by atoms with Gasteiger partial charge in [-0.3, -0.25) is 9.59 Å². The van der Waals surface area contributed by atoms with Crippen LogP contribution < -0.4 is 15.4 Å². The van der Waals surface area contributed by atoms with Crippen LogP contribution in [0.3, 0.4) is 0 Å². The van der Waals surface area contributed by atoms with Gasteiger partial charge in [0.2, 0.25) is 0 Å². The lowest BCUT2D eigenvalue weighted by Crippen LogP contribution is -2.45. The summed E-state index contributed by atoms with van der Waals surface area (Å²) in [5.41, 5.74) is 2.01. The zero-order valence-electron chi connectivity index (χ0n) is 18.0. The number of carbonyl (C=O) groups excluding carboxylic acids is 3. The van der Waals surface area contributed by atoms with Crippen LogP contribution in [0.4, 0.5) is 5.69 Å². The monoisotopic (exact) mass is 490 g/mol. The number of aryl methyl sites for hydroxylation is 1. The highest BCUT2D eigenvalue weighted by molar-refractivity contribution is 9.10. The second kappa shape index (κ2) is 11.5. The molecule has 166 valence electrons. The van der Waals surface area contributed by atoms with E-state index in [4.69, 9.17) is 9.47 Å².